The minimum absolute atomic E-state index is 0.0129. The van der Waals surface area contributed by atoms with E-state index >= 15 is 0 Å². The fraction of sp³-hybridized carbons (Fsp3) is 0.294. The van der Waals surface area contributed by atoms with Crippen LogP contribution in [0.3, 0.4) is 0 Å². The first kappa shape index (κ1) is 16.8. The maximum absolute atomic E-state index is 12.7. The molecule has 1 aliphatic rings. The number of thioether (sulfide) groups is 1. The summed E-state index contributed by atoms with van der Waals surface area (Å²) in [5.74, 6) is 0.362. The van der Waals surface area contributed by atoms with Crippen LogP contribution in [0.1, 0.15) is 22.1 Å². The molecule has 1 fully saturated rings. The van der Waals surface area contributed by atoms with Gasteiger partial charge in [-0.15, -0.1) is 11.8 Å². The molecule has 2 aromatic rings. The van der Waals surface area contributed by atoms with Crippen molar-refractivity contribution >= 4 is 17.7 Å². The number of hydrogen-bond donors (Lipinski definition) is 0. The smallest absolute Gasteiger partial charge is 0.326 e. The van der Waals surface area contributed by atoms with E-state index in [1.54, 1.807) is 17.3 Å². The van der Waals surface area contributed by atoms with Crippen molar-refractivity contribution in [1.29, 1.82) is 0 Å². The van der Waals surface area contributed by atoms with Crippen molar-refractivity contribution in [2.75, 3.05) is 12.3 Å². The van der Waals surface area contributed by atoms with E-state index in [9.17, 15) is 18.0 Å². The van der Waals surface area contributed by atoms with Gasteiger partial charge in [0.1, 0.15) is 5.37 Å². The van der Waals surface area contributed by atoms with Gasteiger partial charge in [0, 0.05) is 18.9 Å². The number of benzene rings is 1. The quantitative estimate of drug-likeness (QED) is 0.836. The van der Waals surface area contributed by atoms with Crippen LogP contribution in [-0.2, 0) is 17.4 Å². The molecule has 2 heterocycles. The molecular weight excluding hydrogens is 337 g/mol. The Labute approximate surface area is 141 Å². The topological polar surface area (TPSA) is 33.2 Å². The van der Waals surface area contributed by atoms with Crippen LogP contribution >= 0.6 is 11.8 Å². The van der Waals surface area contributed by atoms with Crippen LogP contribution < -0.4 is 0 Å². The molecule has 1 aromatic carbocycles. The Morgan fingerprint density at radius 2 is 1.79 bits per heavy atom. The van der Waals surface area contributed by atoms with Crippen molar-refractivity contribution < 1.29 is 18.0 Å². The molecule has 1 aromatic heterocycles. The predicted octanol–water partition coefficient (Wildman–Crippen LogP) is 3.92. The molecule has 0 spiro atoms. The number of carbonyl (C=O) groups excluding carboxylic acids is 1. The van der Waals surface area contributed by atoms with Crippen molar-refractivity contribution in [1.82, 2.24) is 9.88 Å². The third kappa shape index (κ3) is 3.72. The van der Waals surface area contributed by atoms with Crippen LogP contribution in [0.4, 0.5) is 13.2 Å². The molecule has 1 atom stereocenters. The third-order valence-electron chi connectivity index (χ3n) is 3.88. The third-order valence-corrected chi connectivity index (χ3v) is 5.14. The van der Waals surface area contributed by atoms with Gasteiger partial charge in [-0.1, -0.05) is 12.1 Å². The van der Waals surface area contributed by atoms with Crippen molar-refractivity contribution in [2.45, 2.75) is 18.0 Å². The van der Waals surface area contributed by atoms with Crippen molar-refractivity contribution in [2.24, 2.45) is 0 Å². The highest BCUT2D eigenvalue weighted by atomic mass is 32.2. The zero-order chi connectivity index (χ0) is 17.2. The first-order valence-corrected chi connectivity index (χ1v) is 8.47. The molecule has 1 saturated heterocycles. The van der Waals surface area contributed by atoms with E-state index in [0.717, 1.165) is 17.7 Å². The van der Waals surface area contributed by atoms with E-state index < -0.39 is 11.7 Å². The lowest BCUT2D eigenvalue weighted by molar-refractivity contribution is -0.137. The lowest BCUT2D eigenvalue weighted by atomic mass is 10.1. The Morgan fingerprint density at radius 1 is 1.12 bits per heavy atom. The van der Waals surface area contributed by atoms with E-state index in [0.29, 0.717) is 24.3 Å². The van der Waals surface area contributed by atoms with Gasteiger partial charge in [-0.2, -0.15) is 13.2 Å². The Kier molecular flexibility index (Phi) is 4.80. The SMILES string of the molecule is O=C1CSC(c2ccc(C(F)(F)F)cc2)N1CCc1ccncc1. The van der Waals surface area contributed by atoms with Crippen molar-refractivity contribution in [3.8, 4) is 0 Å². The molecule has 24 heavy (non-hydrogen) atoms. The van der Waals surface area contributed by atoms with Gasteiger partial charge in [0.15, 0.2) is 0 Å². The molecule has 7 heteroatoms. The molecule has 0 aliphatic carbocycles. The first-order chi connectivity index (χ1) is 11.4. The average molecular weight is 352 g/mol. The number of pyridine rings is 1. The van der Waals surface area contributed by atoms with E-state index in [2.05, 4.69) is 4.98 Å². The van der Waals surface area contributed by atoms with E-state index in [1.165, 1.54) is 23.9 Å². The Morgan fingerprint density at radius 3 is 2.42 bits per heavy atom. The van der Waals surface area contributed by atoms with Gasteiger partial charge in [0.2, 0.25) is 5.91 Å². The minimum atomic E-state index is -4.35. The average Bonchev–Trinajstić information content (AvgIpc) is 2.94. The fourth-order valence-electron chi connectivity index (χ4n) is 2.61. The second kappa shape index (κ2) is 6.84. The zero-order valence-electron chi connectivity index (χ0n) is 12.7. The summed E-state index contributed by atoms with van der Waals surface area (Å²) in [7, 11) is 0. The maximum Gasteiger partial charge on any atom is 0.416 e. The lowest BCUT2D eigenvalue weighted by Gasteiger charge is -2.24. The van der Waals surface area contributed by atoms with Gasteiger partial charge in [-0.05, 0) is 41.8 Å². The molecule has 0 bridgehead atoms. The molecule has 3 rings (SSSR count). The predicted molar refractivity (Wildman–Crippen MR) is 86.3 cm³/mol. The molecule has 1 amide bonds. The van der Waals surface area contributed by atoms with Crippen LogP contribution in [0.2, 0.25) is 0 Å². The number of aromatic nitrogens is 1. The molecule has 126 valence electrons. The number of hydrogen-bond acceptors (Lipinski definition) is 3. The normalized spacial score (nSPS) is 18.2. The Bertz CT molecular complexity index is 704. The summed E-state index contributed by atoms with van der Waals surface area (Å²) in [6.07, 6.45) is -0.267. The van der Waals surface area contributed by atoms with E-state index in [4.69, 9.17) is 0 Å². The highest BCUT2D eigenvalue weighted by Crippen LogP contribution is 2.39. The second-order valence-electron chi connectivity index (χ2n) is 5.48. The molecule has 0 saturated carbocycles. The summed E-state index contributed by atoms with van der Waals surface area (Å²) in [4.78, 5) is 17.8. The van der Waals surface area contributed by atoms with Gasteiger partial charge < -0.3 is 4.90 Å². The fourth-order valence-corrected chi connectivity index (χ4v) is 3.83. The molecular formula is C17H15F3N2OS. The maximum atomic E-state index is 12.7. The number of nitrogens with zero attached hydrogens (tertiary/aromatic N) is 2. The minimum Gasteiger partial charge on any atom is -0.326 e. The van der Waals surface area contributed by atoms with Gasteiger partial charge >= 0.3 is 6.18 Å². The standard InChI is InChI=1S/C17H15F3N2OS/c18-17(19,20)14-3-1-13(2-4-14)16-22(15(23)11-24-16)10-7-12-5-8-21-9-6-12/h1-6,8-9,16H,7,10-11H2. The van der Waals surface area contributed by atoms with Crippen LogP contribution in [0.5, 0.6) is 0 Å². The van der Waals surface area contributed by atoms with Crippen LogP contribution in [-0.4, -0.2) is 28.1 Å². The van der Waals surface area contributed by atoms with E-state index in [-0.39, 0.29) is 11.3 Å². The first-order valence-electron chi connectivity index (χ1n) is 7.42. The molecule has 1 unspecified atom stereocenters. The number of rotatable bonds is 4. The number of amides is 1. The van der Waals surface area contributed by atoms with Crippen LogP contribution in [0, 0.1) is 0 Å². The Hall–Kier alpha value is -2.02. The van der Waals surface area contributed by atoms with Crippen LogP contribution in [0.25, 0.3) is 0 Å². The molecule has 0 radical (unpaired) electrons. The summed E-state index contributed by atoms with van der Waals surface area (Å²) >= 11 is 1.44. The second-order valence-corrected chi connectivity index (χ2v) is 6.54. The van der Waals surface area contributed by atoms with Gasteiger partial charge in [-0.25, -0.2) is 0 Å². The largest absolute Gasteiger partial charge is 0.416 e. The summed E-state index contributed by atoms with van der Waals surface area (Å²) in [5.41, 5.74) is 1.11. The number of halogens is 3. The molecule has 0 N–H and O–H groups in total. The van der Waals surface area contributed by atoms with Crippen LogP contribution in [0.15, 0.2) is 48.8 Å². The molecule has 3 nitrogen and oxygen atoms in total. The summed E-state index contributed by atoms with van der Waals surface area (Å²) in [6, 6.07) is 8.83. The van der Waals surface area contributed by atoms with Gasteiger partial charge in [0.25, 0.3) is 0 Å². The monoisotopic (exact) mass is 352 g/mol. The summed E-state index contributed by atoms with van der Waals surface area (Å²) < 4.78 is 38.0. The van der Waals surface area contributed by atoms with Crippen molar-refractivity contribution in [3.05, 3.63) is 65.5 Å². The van der Waals surface area contributed by atoms with Gasteiger partial charge in [-0.3, -0.25) is 9.78 Å². The number of alkyl halides is 3. The summed E-state index contributed by atoms with van der Waals surface area (Å²) in [5, 5.41) is -0.235. The summed E-state index contributed by atoms with van der Waals surface area (Å²) in [6.45, 7) is 0.529. The highest BCUT2D eigenvalue weighted by molar-refractivity contribution is 8.00. The van der Waals surface area contributed by atoms with E-state index in [1.807, 2.05) is 12.1 Å². The van der Waals surface area contributed by atoms with Crippen molar-refractivity contribution in [3.63, 3.8) is 0 Å². The van der Waals surface area contributed by atoms with Gasteiger partial charge in [0.05, 0.1) is 11.3 Å². The zero-order valence-corrected chi connectivity index (χ0v) is 13.5. The molecule has 1 aliphatic heterocycles. The highest BCUT2D eigenvalue weighted by Gasteiger charge is 2.34. The number of carbonyl (C=O) groups is 1. The lowest BCUT2D eigenvalue weighted by Crippen LogP contribution is -2.30. The Balaban J connectivity index is 1.73.